The second kappa shape index (κ2) is 9.55. The van der Waals surface area contributed by atoms with Crippen LogP contribution < -0.4 is 9.47 Å². The minimum Gasteiger partial charge on any atom is -0.493 e. The van der Waals surface area contributed by atoms with Crippen LogP contribution in [0.5, 0.6) is 11.5 Å². The summed E-state index contributed by atoms with van der Waals surface area (Å²) in [6.07, 6.45) is 5.79. The van der Waals surface area contributed by atoms with Gasteiger partial charge >= 0.3 is 0 Å². The number of ether oxygens (including phenoxy) is 2. The fourth-order valence-electron chi connectivity index (χ4n) is 3.21. The number of hydrogen-bond donors (Lipinski definition) is 0. The lowest BCUT2D eigenvalue weighted by Gasteiger charge is -2.32. The summed E-state index contributed by atoms with van der Waals surface area (Å²) in [4.78, 5) is 8.99. The second-order valence-corrected chi connectivity index (χ2v) is 6.88. The molecule has 1 aromatic carbocycles. The molecule has 0 bridgehead atoms. The molecule has 0 saturated carbocycles. The van der Waals surface area contributed by atoms with Crippen molar-refractivity contribution in [3.05, 3.63) is 53.9 Å². The van der Waals surface area contributed by atoms with E-state index < -0.39 is 0 Å². The van der Waals surface area contributed by atoms with E-state index in [1.54, 1.807) is 19.5 Å². The number of piperazine rings is 1. The Hall–Kier alpha value is -2.11. The van der Waals surface area contributed by atoms with Crippen molar-refractivity contribution in [3.63, 3.8) is 0 Å². The van der Waals surface area contributed by atoms with Crippen molar-refractivity contribution in [3.8, 4) is 11.5 Å². The highest BCUT2D eigenvalue weighted by molar-refractivity contribution is 5.43. The standard InChI is InChI=1S/C21H29N3O2/c1-23-12-14-24(15-13-23)11-3-4-18-5-6-20(25-2)21(16-18)26-17-19-7-9-22-10-8-19/h5-10,16H,3-4,11-15,17H2,1-2H3. The Morgan fingerprint density at radius 3 is 2.46 bits per heavy atom. The maximum atomic E-state index is 5.99. The minimum absolute atomic E-state index is 0.517. The predicted molar refractivity (Wildman–Crippen MR) is 104 cm³/mol. The van der Waals surface area contributed by atoms with Crippen molar-refractivity contribution < 1.29 is 9.47 Å². The van der Waals surface area contributed by atoms with E-state index in [1.807, 2.05) is 18.2 Å². The highest BCUT2D eigenvalue weighted by Crippen LogP contribution is 2.29. The largest absolute Gasteiger partial charge is 0.493 e. The first-order chi connectivity index (χ1) is 12.7. The third-order valence-electron chi connectivity index (χ3n) is 4.91. The van der Waals surface area contributed by atoms with Crippen molar-refractivity contribution in [2.24, 2.45) is 0 Å². The predicted octanol–water partition coefficient (Wildman–Crippen LogP) is 2.85. The number of aromatic nitrogens is 1. The molecular formula is C21H29N3O2. The molecule has 1 aliphatic heterocycles. The molecule has 0 unspecified atom stereocenters. The molecular weight excluding hydrogens is 326 g/mol. The lowest BCUT2D eigenvalue weighted by molar-refractivity contribution is 0.153. The van der Waals surface area contributed by atoms with Crippen molar-refractivity contribution in [2.45, 2.75) is 19.4 Å². The van der Waals surface area contributed by atoms with Gasteiger partial charge in [-0.25, -0.2) is 0 Å². The normalized spacial score (nSPS) is 15.8. The topological polar surface area (TPSA) is 37.8 Å². The van der Waals surface area contributed by atoms with Gasteiger partial charge in [-0.1, -0.05) is 6.07 Å². The summed E-state index contributed by atoms with van der Waals surface area (Å²) in [5, 5.41) is 0. The summed E-state index contributed by atoms with van der Waals surface area (Å²) >= 11 is 0. The molecule has 0 N–H and O–H groups in total. The van der Waals surface area contributed by atoms with Gasteiger partial charge in [0.2, 0.25) is 0 Å². The van der Waals surface area contributed by atoms with Crippen LogP contribution in [0.15, 0.2) is 42.7 Å². The Morgan fingerprint density at radius 2 is 1.73 bits per heavy atom. The summed E-state index contributed by atoms with van der Waals surface area (Å²) < 4.78 is 11.4. The van der Waals surface area contributed by atoms with Crippen LogP contribution in [0.4, 0.5) is 0 Å². The van der Waals surface area contributed by atoms with E-state index in [9.17, 15) is 0 Å². The van der Waals surface area contributed by atoms with E-state index >= 15 is 0 Å². The van der Waals surface area contributed by atoms with E-state index in [-0.39, 0.29) is 0 Å². The summed E-state index contributed by atoms with van der Waals surface area (Å²) in [7, 11) is 3.88. The van der Waals surface area contributed by atoms with Gasteiger partial charge in [-0.3, -0.25) is 4.98 Å². The van der Waals surface area contributed by atoms with Crippen LogP contribution in [0.3, 0.4) is 0 Å². The molecule has 1 saturated heterocycles. The molecule has 0 amide bonds. The summed E-state index contributed by atoms with van der Waals surface area (Å²) in [5.41, 5.74) is 2.40. The third kappa shape index (κ3) is 5.44. The van der Waals surface area contributed by atoms with Gasteiger partial charge in [0.05, 0.1) is 7.11 Å². The van der Waals surface area contributed by atoms with Crippen LogP contribution in [-0.2, 0) is 13.0 Å². The minimum atomic E-state index is 0.517. The lowest BCUT2D eigenvalue weighted by Crippen LogP contribution is -2.44. The van der Waals surface area contributed by atoms with E-state index in [2.05, 4.69) is 34.0 Å². The Bertz CT molecular complexity index is 670. The highest BCUT2D eigenvalue weighted by Gasteiger charge is 2.13. The van der Waals surface area contributed by atoms with Gasteiger partial charge < -0.3 is 19.3 Å². The fraction of sp³-hybridized carbons (Fsp3) is 0.476. The number of aryl methyl sites for hydroxylation is 1. The molecule has 1 aromatic heterocycles. The van der Waals surface area contributed by atoms with Crippen LogP contribution in [0.2, 0.25) is 0 Å². The van der Waals surface area contributed by atoms with Gasteiger partial charge in [-0.2, -0.15) is 0 Å². The lowest BCUT2D eigenvalue weighted by atomic mass is 10.1. The smallest absolute Gasteiger partial charge is 0.161 e. The molecule has 2 aromatic rings. The first-order valence-corrected chi connectivity index (χ1v) is 9.34. The average Bonchev–Trinajstić information content (AvgIpc) is 2.69. The van der Waals surface area contributed by atoms with Gasteiger partial charge in [-0.05, 0) is 61.8 Å². The zero-order chi connectivity index (χ0) is 18.2. The monoisotopic (exact) mass is 355 g/mol. The maximum Gasteiger partial charge on any atom is 0.161 e. The van der Waals surface area contributed by atoms with E-state index in [4.69, 9.17) is 9.47 Å². The molecule has 5 nitrogen and oxygen atoms in total. The summed E-state index contributed by atoms with van der Waals surface area (Å²) in [5.74, 6) is 1.59. The zero-order valence-corrected chi connectivity index (χ0v) is 15.9. The molecule has 5 heteroatoms. The van der Waals surface area contributed by atoms with Gasteiger partial charge in [0.15, 0.2) is 11.5 Å². The number of likely N-dealkylation sites (N-methyl/N-ethyl adjacent to an activating group) is 1. The van der Waals surface area contributed by atoms with Crippen molar-refractivity contribution in [1.29, 1.82) is 0 Å². The Kier molecular flexibility index (Phi) is 6.86. The highest BCUT2D eigenvalue weighted by atomic mass is 16.5. The molecule has 2 heterocycles. The number of nitrogens with zero attached hydrogens (tertiary/aromatic N) is 3. The van der Waals surface area contributed by atoms with Crippen LogP contribution in [0.1, 0.15) is 17.5 Å². The molecule has 1 fully saturated rings. The molecule has 3 rings (SSSR count). The second-order valence-electron chi connectivity index (χ2n) is 6.88. The number of hydrogen-bond acceptors (Lipinski definition) is 5. The van der Waals surface area contributed by atoms with Crippen LogP contribution >= 0.6 is 0 Å². The van der Waals surface area contributed by atoms with Gasteiger partial charge in [0.1, 0.15) is 6.61 Å². The third-order valence-corrected chi connectivity index (χ3v) is 4.91. The number of rotatable bonds is 8. The first kappa shape index (κ1) is 18.7. The number of methoxy groups -OCH3 is 1. The maximum absolute atomic E-state index is 5.99. The van der Waals surface area contributed by atoms with Crippen molar-refractivity contribution in [2.75, 3.05) is 46.9 Å². The fourth-order valence-corrected chi connectivity index (χ4v) is 3.21. The molecule has 0 aliphatic carbocycles. The molecule has 26 heavy (non-hydrogen) atoms. The molecule has 0 spiro atoms. The molecule has 0 radical (unpaired) electrons. The van der Waals surface area contributed by atoms with Gasteiger partial charge in [0.25, 0.3) is 0 Å². The van der Waals surface area contributed by atoms with E-state index in [1.165, 1.54) is 38.2 Å². The molecule has 140 valence electrons. The Labute approximate surface area is 156 Å². The Balaban J connectivity index is 1.53. The van der Waals surface area contributed by atoms with Crippen LogP contribution in [0.25, 0.3) is 0 Å². The summed E-state index contributed by atoms with van der Waals surface area (Å²) in [6, 6.07) is 10.2. The van der Waals surface area contributed by atoms with Crippen LogP contribution in [0, 0.1) is 0 Å². The Morgan fingerprint density at radius 1 is 0.962 bits per heavy atom. The van der Waals surface area contributed by atoms with Crippen molar-refractivity contribution in [1.82, 2.24) is 14.8 Å². The molecule has 0 atom stereocenters. The first-order valence-electron chi connectivity index (χ1n) is 9.34. The van der Waals surface area contributed by atoms with Crippen molar-refractivity contribution >= 4 is 0 Å². The number of benzene rings is 1. The molecule has 1 aliphatic rings. The van der Waals surface area contributed by atoms with Gasteiger partial charge in [-0.15, -0.1) is 0 Å². The summed E-state index contributed by atoms with van der Waals surface area (Å²) in [6.45, 7) is 6.39. The van der Waals surface area contributed by atoms with E-state index in [0.29, 0.717) is 6.61 Å². The SMILES string of the molecule is COc1ccc(CCCN2CCN(C)CC2)cc1OCc1ccncc1. The van der Waals surface area contributed by atoms with Crippen LogP contribution in [-0.4, -0.2) is 61.7 Å². The zero-order valence-electron chi connectivity index (χ0n) is 15.9. The quantitative estimate of drug-likeness (QED) is 0.728. The van der Waals surface area contributed by atoms with Gasteiger partial charge in [0, 0.05) is 38.6 Å². The number of pyridine rings is 1. The van der Waals surface area contributed by atoms with E-state index in [0.717, 1.165) is 30.0 Å². The average molecular weight is 355 g/mol.